The highest BCUT2D eigenvalue weighted by Crippen LogP contribution is 2.18. The number of carbonyl (C=O) groups excluding carboxylic acids is 1. The summed E-state index contributed by atoms with van der Waals surface area (Å²) in [6, 6.07) is 12.8. The standard InChI is InChI=1S/C15H16N2O5S2/c1-11(23(19,20)13-5-3-2-4-6-13)15(18)17-12-7-9-14(10-8-12)24(16,21)22/h2-11H,1H3,(H,17,18)(H2,16,21,22). The van der Waals surface area contributed by atoms with E-state index in [2.05, 4.69) is 5.32 Å². The number of hydrogen-bond donors (Lipinski definition) is 2. The molecule has 0 saturated heterocycles. The summed E-state index contributed by atoms with van der Waals surface area (Å²) in [6.07, 6.45) is 0. The molecule has 0 spiro atoms. The Morgan fingerprint density at radius 2 is 1.46 bits per heavy atom. The van der Waals surface area contributed by atoms with E-state index in [-0.39, 0.29) is 15.5 Å². The van der Waals surface area contributed by atoms with Gasteiger partial charge in [-0.05, 0) is 43.3 Å². The van der Waals surface area contributed by atoms with Crippen molar-refractivity contribution in [1.29, 1.82) is 0 Å². The molecule has 1 unspecified atom stereocenters. The number of anilines is 1. The van der Waals surface area contributed by atoms with Crippen LogP contribution in [0.15, 0.2) is 64.4 Å². The van der Waals surface area contributed by atoms with Gasteiger partial charge >= 0.3 is 0 Å². The van der Waals surface area contributed by atoms with Gasteiger partial charge in [0.2, 0.25) is 15.9 Å². The second-order valence-corrected chi connectivity index (χ2v) is 8.89. The maximum Gasteiger partial charge on any atom is 0.242 e. The molecule has 2 rings (SSSR count). The zero-order valence-electron chi connectivity index (χ0n) is 12.7. The van der Waals surface area contributed by atoms with Gasteiger partial charge in [0.1, 0.15) is 5.25 Å². The first-order valence-corrected chi connectivity index (χ1v) is 9.94. The predicted molar refractivity (Wildman–Crippen MR) is 89.5 cm³/mol. The van der Waals surface area contributed by atoms with Crippen molar-refractivity contribution in [2.45, 2.75) is 22.0 Å². The van der Waals surface area contributed by atoms with Gasteiger partial charge in [0.15, 0.2) is 9.84 Å². The predicted octanol–water partition coefficient (Wildman–Crippen LogP) is 1.13. The third kappa shape index (κ3) is 3.99. The topological polar surface area (TPSA) is 123 Å². The molecule has 7 nitrogen and oxygen atoms in total. The molecule has 2 aromatic rings. The first-order chi connectivity index (χ1) is 11.1. The summed E-state index contributed by atoms with van der Waals surface area (Å²) in [6.45, 7) is 1.29. The van der Waals surface area contributed by atoms with E-state index in [9.17, 15) is 21.6 Å². The van der Waals surface area contributed by atoms with Crippen LogP contribution >= 0.6 is 0 Å². The quantitative estimate of drug-likeness (QED) is 0.819. The summed E-state index contributed by atoms with van der Waals surface area (Å²) < 4.78 is 47.1. The largest absolute Gasteiger partial charge is 0.325 e. The minimum atomic E-state index is -3.83. The summed E-state index contributed by atoms with van der Waals surface area (Å²) >= 11 is 0. The number of amides is 1. The third-order valence-corrected chi connectivity index (χ3v) is 6.36. The van der Waals surface area contributed by atoms with Gasteiger partial charge in [-0.2, -0.15) is 0 Å². The molecular formula is C15H16N2O5S2. The second-order valence-electron chi connectivity index (χ2n) is 5.06. The van der Waals surface area contributed by atoms with E-state index in [4.69, 9.17) is 5.14 Å². The maximum atomic E-state index is 12.4. The van der Waals surface area contributed by atoms with E-state index in [1.807, 2.05) is 0 Å². The summed E-state index contributed by atoms with van der Waals surface area (Å²) in [4.78, 5) is 12.1. The Labute approximate surface area is 140 Å². The van der Waals surface area contributed by atoms with Gasteiger partial charge in [0, 0.05) is 5.69 Å². The molecule has 0 bridgehead atoms. The summed E-state index contributed by atoms with van der Waals surface area (Å²) in [5.74, 6) is -0.720. The van der Waals surface area contributed by atoms with E-state index in [0.717, 1.165) is 0 Å². The first kappa shape index (κ1) is 18.1. The molecule has 24 heavy (non-hydrogen) atoms. The van der Waals surface area contributed by atoms with Crippen LogP contribution in [0.5, 0.6) is 0 Å². The Balaban J connectivity index is 2.18. The van der Waals surface area contributed by atoms with Crippen molar-refractivity contribution in [3.05, 3.63) is 54.6 Å². The van der Waals surface area contributed by atoms with E-state index < -0.39 is 31.0 Å². The van der Waals surface area contributed by atoms with Gasteiger partial charge in [-0.3, -0.25) is 4.79 Å². The van der Waals surface area contributed by atoms with E-state index >= 15 is 0 Å². The lowest BCUT2D eigenvalue weighted by atomic mass is 10.3. The lowest BCUT2D eigenvalue weighted by Crippen LogP contribution is -2.32. The normalized spacial score (nSPS) is 13.2. The number of benzene rings is 2. The molecule has 0 aliphatic heterocycles. The Hall–Kier alpha value is -2.23. The Kier molecular flexibility index (Phi) is 5.07. The van der Waals surface area contributed by atoms with Gasteiger partial charge < -0.3 is 5.32 Å². The summed E-state index contributed by atoms with van der Waals surface area (Å²) in [5, 5.41) is 6.12. The molecule has 0 radical (unpaired) electrons. The molecule has 9 heteroatoms. The van der Waals surface area contributed by atoms with Crippen LogP contribution in [0.1, 0.15) is 6.92 Å². The van der Waals surface area contributed by atoms with Crippen molar-refractivity contribution in [1.82, 2.24) is 0 Å². The molecule has 1 atom stereocenters. The number of primary sulfonamides is 1. The van der Waals surface area contributed by atoms with Crippen molar-refractivity contribution in [3.8, 4) is 0 Å². The molecule has 128 valence electrons. The van der Waals surface area contributed by atoms with Crippen LogP contribution in [0.25, 0.3) is 0 Å². The van der Waals surface area contributed by atoms with Crippen LogP contribution in [0, 0.1) is 0 Å². The minimum absolute atomic E-state index is 0.0530. The zero-order valence-corrected chi connectivity index (χ0v) is 14.3. The monoisotopic (exact) mass is 368 g/mol. The van der Waals surface area contributed by atoms with E-state index in [0.29, 0.717) is 0 Å². The molecule has 3 N–H and O–H groups in total. The number of rotatable bonds is 5. The molecule has 0 aliphatic carbocycles. The van der Waals surface area contributed by atoms with Gasteiger partial charge in [0.25, 0.3) is 0 Å². The molecular weight excluding hydrogens is 352 g/mol. The maximum absolute atomic E-state index is 12.4. The first-order valence-electron chi connectivity index (χ1n) is 6.85. The second kappa shape index (κ2) is 6.71. The van der Waals surface area contributed by atoms with Crippen molar-refractivity contribution in [2.24, 2.45) is 5.14 Å². The van der Waals surface area contributed by atoms with Crippen LogP contribution in [0.4, 0.5) is 5.69 Å². The highest BCUT2D eigenvalue weighted by atomic mass is 32.2. The molecule has 2 aromatic carbocycles. The molecule has 0 aromatic heterocycles. The van der Waals surface area contributed by atoms with E-state index in [1.54, 1.807) is 18.2 Å². The number of nitrogens with one attached hydrogen (secondary N) is 1. The Morgan fingerprint density at radius 1 is 0.917 bits per heavy atom. The number of hydrogen-bond acceptors (Lipinski definition) is 5. The SMILES string of the molecule is CC(C(=O)Nc1ccc(S(N)(=O)=O)cc1)S(=O)(=O)c1ccccc1. The Morgan fingerprint density at radius 3 is 1.96 bits per heavy atom. The lowest BCUT2D eigenvalue weighted by molar-refractivity contribution is -0.115. The smallest absolute Gasteiger partial charge is 0.242 e. The highest BCUT2D eigenvalue weighted by Gasteiger charge is 2.29. The van der Waals surface area contributed by atoms with Crippen LogP contribution in [-0.2, 0) is 24.7 Å². The fraction of sp³-hybridized carbons (Fsp3) is 0.133. The molecule has 0 aliphatic rings. The average molecular weight is 368 g/mol. The Bertz CT molecular complexity index is 937. The minimum Gasteiger partial charge on any atom is -0.325 e. The molecule has 0 fully saturated rings. The highest BCUT2D eigenvalue weighted by molar-refractivity contribution is 7.92. The van der Waals surface area contributed by atoms with Gasteiger partial charge in [-0.25, -0.2) is 22.0 Å². The van der Waals surface area contributed by atoms with Crippen LogP contribution in [0.2, 0.25) is 0 Å². The van der Waals surface area contributed by atoms with Crippen LogP contribution in [0.3, 0.4) is 0 Å². The van der Waals surface area contributed by atoms with Crippen molar-refractivity contribution in [3.63, 3.8) is 0 Å². The summed E-state index contributed by atoms with van der Waals surface area (Å²) in [5.41, 5.74) is 0.266. The van der Waals surface area contributed by atoms with Crippen molar-refractivity contribution >= 4 is 31.5 Å². The average Bonchev–Trinajstić information content (AvgIpc) is 2.54. The lowest BCUT2D eigenvalue weighted by Gasteiger charge is -2.13. The molecule has 0 heterocycles. The number of nitrogens with two attached hydrogens (primary N) is 1. The van der Waals surface area contributed by atoms with Crippen LogP contribution in [-0.4, -0.2) is 28.0 Å². The van der Waals surface area contributed by atoms with Crippen molar-refractivity contribution in [2.75, 3.05) is 5.32 Å². The summed E-state index contributed by atoms with van der Waals surface area (Å²) in [7, 11) is -7.65. The molecule has 1 amide bonds. The van der Waals surface area contributed by atoms with Gasteiger partial charge in [0.05, 0.1) is 9.79 Å². The van der Waals surface area contributed by atoms with Gasteiger partial charge in [-0.1, -0.05) is 18.2 Å². The molecule has 0 saturated carbocycles. The zero-order chi connectivity index (χ0) is 18.0. The van der Waals surface area contributed by atoms with Crippen molar-refractivity contribution < 1.29 is 21.6 Å². The van der Waals surface area contributed by atoms with Gasteiger partial charge in [-0.15, -0.1) is 0 Å². The number of sulfonamides is 1. The fourth-order valence-electron chi connectivity index (χ4n) is 1.93. The third-order valence-electron chi connectivity index (χ3n) is 3.36. The number of sulfone groups is 1. The fourth-order valence-corrected chi connectivity index (χ4v) is 3.73. The number of carbonyl (C=O) groups is 1. The van der Waals surface area contributed by atoms with E-state index in [1.165, 1.54) is 43.3 Å². The van der Waals surface area contributed by atoms with Crippen LogP contribution < -0.4 is 10.5 Å².